The summed E-state index contributed by atoms with van der Waals surface area (Å²) in [5, 5.41) is 21.6. The van der Waals surface area contributed by atoms with Crippen LogP contribution in [0.5, 0.6) is 5.75 Å². The number of phenolic OH excluding ortho intramolecular Hbond substituents is 1. The molecule has 0 aromatic heterocycles. The zero-order valence-corrected chi connectivity index (χ0v) is 18.2. The molecule has 1 aliphatic rings. The van der Waals surface area contributed by atoms with E-state index in [0.29, 0.717) is 24.8 Å². The molecule has 2 aromatic carbocycles. The molecule has 0 saturated carbocycles. The van der Waals surface area contributed by atoms with Crippen LogP contribution in [-0.2, 0) is 16.0 Å². The fourth-order valence-electron chi connectivity index (χ4n) is 4.57. The van der Waals surface area contributed by atoms with E-state index < -0.39 is 5.97 Å². The molecule has 0 bridgehead atoms. The van der Waals surface area contributed by atoms with Crippen LogP contribution in [0.2, 0.25) is 0 Å². The van der Waals surface area contributed by atoms with Crippen molar-refractivity contribution in [3.8, 4) is 5.75 Å². The van der Waals surface area contributed by atoms with Crippen molar-refractivity contribution in [2.24, 2.45) is 17.8 Å². The SMILES string of the molecule is C[C@@H]1[C@H](C)CCN(C[C@@H](Cc2ccccc2)C(=O)NCC(=O)O)[C@@H]1c1cccc(O)c1. The van der Waals surface area contributed by atoms with E-state index in [4.69, 9.17) is 5.11 Å². The number of hydrogen-bond acceptors (Lipinski definition) is 4. The molecule has 6 nitrogen and oxygen atoms in total. The number of piperidine rings is 1. The van der Waals surface area contributed by atoms with Crippen molar-refractivity contribution in [3.63, 3.8) is 0 Å². The topological polar surface area (TPSA) is 89.9 Å². The highest BCUT2D eigenvalue weighted by Crippen LogP contribution is 2.40. The van der Waals surface area contributed by atoms with Crippen molar-refractivity contribution in [1.29, 1.82) is 0 Å². The quantitative estimate of drug-likeness (QED) is 0.604. The Morgan fingerprint density at radius 3 is 2.55 bits per heavy atom. The van der Waals surface area contributed by atoms with Crippen LogP contribution in [0.3, 0.4) is 0 Å². The maximum atomic E-state index is 12.9. The van der Waals surface area contributed by atoms with Crippen LogP contribution in [0.15, 0.2) is 54.6 Å². The molecule has 1 amide bonds. The van der Waals surface area contributed by atoms with Gasteiger partial charge >= 0.3 is 5.97 Å². The predicted octanol–water partition coefficient (Wildman–Crippen LogP) is 3.47. The number of nitrogens with zero attached hydrogens (tertiary/aromatic N) is 1. The van der Waals surface area contributed by atoms with Crippen LogP contribution in [0.25, 0.3) is 0 Å². The maximum Gasteiger partial charge on any atom is 0.322 e. The lowest BCUT2D eigenvalue weighted by atomic mass is 9.78. The van der Waals surface area contributed by atoms with E-state index in [1.54, 1.807) is 6.07 Å². The smallest absolute Gasteiger partial charge is 0.322 e. The van der Waals surface area contributed by atoms with Crippen LogP contribution >= 0.6 is 0 Å². The van der Waals surface area contributed by atoms with Crippen LogP contribution in [0, 0.1) is 17.8 Å². The van der Waals surface area contributed by atoms with E-state index in [9.17, 15) is 14.7 Å². The van der Waals surface area contributed by atoms with Gasteiger partial charge in [0, 0.05) is 12.6 Å². The molecule has 1 fully saturated rings. The number of likely N-dealkylation sites (tertiary alicyclic amines) is 1. The van der Waals surface area contributed by atoms with Gasteiger partial charge in [0.15, 0.2) is 0 Å². The Balaban J connectivity index is 1.85. The molecule has 0 aliphatic carbocycles. The van der Waals surface area contributed by atoms with E-state index >= 15 is 0 Å². The molecule has 6 heteroatoms. The van der Waals surface area contributed by atoms with Gasteiger partial charge in [-0.15, -0.1) is 0 Å². The summed E-state index contributed by atoms with van der Waals surface area (Å²) in [6.07, 6.45) is 1.57. The number of aromatic hydroxyl groups is 1. The Labute approximate surface area is 183 Å². The third-order valence-electron chi connectivity index (χ3n) is 6.44. The largest absolute Gasteiger partial charge is 0.508 e. The summed E-state index contributed by atoms with van der Waals surface area (Å²) >= 11 is 0. The van der Waals surface area contributed by atoms with Crippen LogP contribution in [0.1, 0.15) is 37.4 Å². The number of aliphatic carboxylic acids is 1. The highest BCUT2D eigenvalue weighted by molar-refractivity contribution is 5.83. The van der Waals surface area contributed by atoms with Gasteiger partial charge in [0.1, 0.15) is 12.3 Å². The van der Waals surface area contributed by atoms with E-state index in [2.05, 4.69) is 24.1 Å². The first kappa shape index (κ1) is 22.8. The fourth-order valence-corrected chi connectivity index (χ4v) is 4.57. The number of nitrogens with one attached hydrogen (secondary N) is 1. The molecule has 166 valence electrons. The van der Waals surface area contributed by atoms with Gasteiger partial charge in [-0.05, 0) is 54.5 Å². The Kier molecular flexibility index (Phi) is 7.69. The van der Waals surface area contributed by atoms with Crippen molar-refractivity contribution in [3.05, 3.63) is 65.7 Å². The summed E-state index contributed by atoms with van der Waals surface area (Å²) in [6, 6.07) is 17.3. The van der Waals surface area contributed by atoms with Gasteiger partial charge in [-0.3, -0.25) is 14.5 Å². The van der Waals surface area contributed by atoms with Gasteiger partial charge in [-0.2, -0.15) is 0 Å². The van der Waals surface area contributed by atoms with Gasteiger partial charge in [-0.1, -0.05) is 56.3 Å². The lowest BCUT2D eigenvalue weighted by Gasteiger charge is -2.44. The number of carboxylic acid groups (broad SMARTS) is 1. The van der Waals surface area contributed by atoms with Crippen LogP contribution < -0.4 is 5.32 Å². The Morgan fingerprint density at radius 1 is 1.13 bits per heavy atom. The molecular weight excluding hydrogens is 392 g/mol. The van der Waals surface area contributed by atoms with E-state index in [1.165, 1.54) is 0 Å². The minimum absolute atomic E-state index is 0.0846. The summed E-state index contributed by atoms with van der Waals surface area (Å²) < 4.78 is 0. The number of carbonyl (C=O) groups is 2. The molecule has 3 rings (SSSR count). The fraction of sp³-hybridized carbons (Fsp3) is 0.440. The molecule has 0 spiro atoms. The molecular formula is C25H32N2O4. The normalized spacial score (nSPS) is 22.6. The van der Waals surface area contributed by atoms with Crippen LogP contribution in [0.4, 0.5) is 0 Å². The van der Waals surface area contributed by atoms with E-state index in [-0.39, 0.29) is 30.2 Å². The minimum Gasteiger partial charge on any atom is -0.508 e. The van der Waals surface area contributed by atoms with Crippen molar-refractivity contribution in [1.82, 2.24) is 10.2 Å². The summed E-state index contributed by atoms with van der Waals surface area (Å²) in [5.74, 6) is -0.547. The number of rotatable bonds is 8. The summed E-state index contributed by atoms with van der Waals surface area (Å²) in [5.41, 5.74) is 2.09. The van der Waals surface area contributed by atoms with Crippen molar-refractivity contribution >= 4 is 11.9 Å². The average molecular weight is 425 g/mol. The standard InChI is InChI=1S/C25H32N2O4/c1-17-11-12-27(24(18(17)2)20-9-6-10-22(28)14-20)16-21(25(31)26-15-23(29)30)13-19-7-4-3-5-8-19/h3-10,14,17-18,21,24,28H,11-13,15-16H2,1-2H3,(H,26,31)(H,29,30)/t17-,18-,21-,24+/m1/s1. The van der Waals surface area contributed by atoms with Gasteiger partial charge in [0.05, 0.1) is 5.92 Å². The van der Waals surface area contributed by atoms with Gasteiger partial charge < -0.3 is 15.5 Å². The first-order chi connectivity index (χ1) is 14.8. The van der Waals surface area contributed by atoms with E-state index in [1.807, 2.05) is 48.5 Å². The Morgan fingerprint density at radius 2 is 1.87 bits per heavy atom. The minimum atomic E-state index is -1.05. The molecule has 3 N–H and O–H groups in total. The lowest BCUT2D eigenvalue weighted by molar-refractivity contribution is -0.138. The molecule has 2 aromatic rings. The molecule has 31 heavy (non-hydrogen) atoms. The number of benzene rings is 2. The monoisotopic (exact) mass is 424 g/mol. The first-order valence-corrected chi connectivity index (χ1v) is 10.9. The maximum absolute atomic E-state index is 12.9. The van der Waals surface area contributed by atoms with Gasteiger partial charge in [0.2, 0.25) is 5.91 Å². The molecule has 1 heterocycles. The second-order valence-electron chi connectivity index (χ2n) is 8.66. The highest BCUT2D eigenvalue weighted by Gasteiger charge is 2.36. The highest BCUT2D eigenvalue weighted by atomic mass is 16.4. The number of amides is 1. The second-order valence-corrected chi connectivity index (χ2v) is 8.66. The van der Waals surface area contributed by atoms with Crippen molar-refractivity contribution < 1.29 is 19.8 Å². The molecule has 0 radical (unpaired) electrons. The first-order valence-electron chi connectivity index (χ1n) is 10.9. The summed E-state index contributed by atoms with van der Waals surface area (Å²) in [4.78, 5) is 26.2. The van der Waals surface area contributed by atoms with Gasteiger partial charge in [0.25, 0.3) is 0 Å². The average Bonchev–Trinajstić information content (AvgIpc) is 2.75. The second kappa shape index (κ2) is 10.4. The molecule has 1 saturated heterocycles. The molecule has 4 atom stereocenters. The molecule has 0 unspecified atom stereocenters. The van der Waals surface area contributed by atoms with Crippen molar-refractivity contribution in [2.45, 2.75) is 32.7 Å². The Hall–Kier alpha value is -2.86. The Bertz CT molecular complexity index is 886. The van der Waals surface area contributed by atoms with Crippen molar-refractivity contribution in [2.75, 3.05) is 19.6 Å². The zero-order chi connectivity index (χ0) is 22.4. The summed E-state index contributed by atoms with van der Waals surface area (Å²) in [6.45, 7) is 5.47. The van der Waals surface area contributed by atoms with Crippen LogP contribution in [-0.4, -0.2) is 46.6 Å². The third kappa shape index (κ3) is 6.07. The molecule has 1 aliphatic heterocycles. The number of carbonyl (C=O) groups excluding carboxylic acids is 1. The van der Waals surface area contributed by atoms with Gasteiger partial charge in [-0.25, -0.2) is 0 Å². The number of hydrogen-bond donors (Lipinski definition) is 3. The summed E-state index contributed by atoms with van der Waals surface area (Å²) in [7, 11) is 0. The van der Waals surface area contributed by atoms with E-state index in [0.717, 1.165) is 24.1 Å². The third-order valence-corrected chi connectivity index (χ3v) is 6.44. The predicted molar refractivity (Wildman–Crippen MR) is 120 cm³/mol. The number of carboxylic acids is 1. The lowest BCUT2D eigenvalue weighted by Crippen LogP contribution is -2.47. The number of phenols is 1. The zero-order valence-electron chi connectivity index (χ0n) is 18.2.